The Kier molecular flexibility index (Phi) is 2.59. The van der Waals surface area contributed by atoms with Crippen molar-refractivity contribution in [3.8, 4) is 0 Å². The highest BCUT2D eigenvalue weighted by molar-refractivity contribution is 9.10. The number of nitrogens with one attached hydrogen (secondary N) is 3. The van der Waals surface area contributed by atoms with Crippen molar-refractivity contribution < 1.29 is 4.79 Å². The van der Waals surface area contributed by atoms with E-state index < -0.39 is 0 Å². The molecule has 6 heteroatoms. The molecule has 78 valence electrons. The fraction of sp³-hybridized carbons (Fsp3) is 0.111. The summed E-state index contributed by atoms with van der Waals surface area (Å²) < 4.78 is 0.941. The third-order valence-corrected chi connectivity index (χ3v) is 2.48. The van der Waals surface area contributed by atoms with Crippen LogP contribution in [0.4, 0.5) is 10.6 Å². The number of fused-ring (bicyclic) bond motifs is 1. The van der Waals surface area contributed by atoms with Crippen molar-refractivity contribution in [3.63, 3.8) is 0 Å². The number of rotatable bonds is 1. The van der Waals surface area contributed by atoms with Crippen molar-refractivity contribution in [3.05, 3.63) is 22.7 Å². The Morgan fingerprint density at radius 1 is 1.53 bits per heavy atom. The van der Waals surface area contributed by atoms with Gasteiger partial charge in [0.1, 0.15) is 0 Å². The molecular formula is C9H9BrN4O. The van der Waals surface area contributed by atoms with Crippen LogP contribution >= 0.6 is 15.9 Å². The number of amides is 2. The molecule has 2 rings (SSSR count). The van der Waals surface area contributed by atoms with Gasteiger partial charge in [0.25, 0.3) is 0 Å². The van der Waals surface area contributed by atoms with Crippen LogP contribution in [-0.4, -0.2) is 23.3 Å². The molecule has 0 atom stereocenters. The summed E-state index contributed by atoms with van der Waals surface area (Å²) in [6.07, 6.45) is 0. The van der Waals surface area contributed by atoms with Crippen LogP contribution in [0.15, 0.2) is 22.7 Å². The Morgan fingerprint density at radius 2 is 2.33 bits per heavy atom. The highest BCUT2D eigenvalue weighted by Crippen LogP contribution is 2.23. The number of aromatic nitrogens is 2. The lowest BCUT2D eigenvalue weighted by Gasteiger charge is -2.00. The van der Waals surface area contributed by atoms with Crippen LogP contribution in [0.3, 0.4) is 0 Å². The van der Waals surface area contributed by atoms with Gasteiger partial charge in [-0.25, -0.2) is 4.79 Å². The second kappa shape index (κ2) is 3.90. The summed E-state index contributed by atoms with van der Waals surface area (Å²) in [6, 6.07) is 5.40. The summed E-state index contributed by atoms with van der Waals surface area (Å²) >= 11 is 3.36. The first kappa shape index (κ1) is 9.97. The minimum absolute atomic E-state index is 0.289. The van der Waals surface area contributed by atoms with E-state index in [0.717, 1.165) is 15.4 Å². The van der Waals surface area contributed by atoms with Crippen LogP contribution in [0.2, 0.25) is 0 Å². The number of carbonyl (C=O) groups is 1. The van der Waals surface area contributed by atoms with Crippen LogP contribution in [0.25, 0.3) is 10.9 Å². The van der Waals surface area contributed by atoms with Crippen LogP contribution in [-0.2, 0) is 0 Å². The Labute approximate surface area is 94.4 Å². The van der Waals surface area contributed by atoms with E-state index in [2.05, 4.69) is 36.8 Å². The molecule has 1 heterocycles. The normalized spacial score (nSPS) is 10.3. The molecule has 5 nitrogen and oxygen atoms in total. The summed E-state index contributed by atoms with van der Waals surface area (Å²) in [6.45, 7) is 0. The zero-order valence-electron chi connectivity index (χ0n) is 7.97. The largest absolute Gasteiger partial charge is 0.341 e. The summed E-state index contributed by atoms with van der Waals surface area (Å²) in [4.78, 5) is 11.1. The average molecular weight is 269 g/mol. The number of H-pyrrole nitrogens is 1. The Bertz CT molecular complexity index is 508. The van der Waals surface area contributed by atoms with Crippen LogP contribution in [0, 0.1) is 0 Å². The molecule has 0 unspecified atom stereocenters. The van der Waals surface area contributed by atoms with Crippen molar-refractivity contribution in [2.24, 2.45) is 0 Å². The second-order valence-electron chi connectivity index (χ2n) is 2.97. The van der Waals surface area contributed by atoms with Gasteiger partial charge in [-0.15, -0.1) is 0 Å². The van der Waals surface area contributed by atoms with Gasteiger partial charge in [-0.2, -0.15) is 5.10 Å². The Morgan fingerprint density at radius 3 is 3.07 bits per heavy atom. The first-order chi connectivity index (χ1) is 7.20. The van der Waals surface area contributed by atoms with Crippen LogP contribution in [0.5, 0.6) is 0 Å². The molecule has 1 aromatic carbocycles. The minimum atomic E-state index is -0.289. The third kappa shape index (κ3) is 1.94. The van der Waals surface area contributed by atoms with Crippen molar-refractivity contribution >= 4 is 38.7 Å². The number of urea groups is 1. The summed E-state index contributed by atoms with van der Waals surface area (Å²) in [5, 5.41) is 12.8. The van der Waals surface area contributed by atoms with Gasteiger partial charge in [-0.1, -0.05) is 15.9 Å². The zero-order valence-corrected chi connectivity index (χ0v) is 9.55. The molecule has 1 aromatic heterocycles. The van der Waals surface area contributed by atoms with E-state index in [1.165, 1.54) is 0 Å². The van der Waals surface area contributed by atoms with Gasteiger partial charge in [0.2, 0.25) is 0 Å². The highest BCUT2D eigenvalue weighted by atomic mass is 79.9. The minimum Gasteiger partial charge on any atom is -0.341 e. The molecule has 3 N–H and O–H groups in total. The lowest BCUT2D eigenvalue weighted by molar-refractivity contribution is 0.254. The molecule has 0 saturated carbocycles. The molecule has 0 fully saturated rings. The van der Waals surface area contributed by atoms with E-state index in [1.54, 1.807) is 7.05 Å². The van der Waals surface area contributed by atoms with Gasteiger partial charge < -0.3 is 5.32 Å². The smallest absolute Gasteiger partial charge is 0.320 e. The topological polar surface area (TPSA) is 69.8 Å². The molecule has 0 saturated heterocycles. The quantitative estimate of drug-likeness (QED) is 0.741. The Balaban J connectivity index is 2.43. The van der Waals surface area contributed by atoms with Gasteiger partial charge in [-0.3, -0.25) is 10.4 Å². The van der Waals surface area contributed by atoms with Crippen molar-refractivity contribution in [1.82, 2.24) is 15.5 Å². The standard InChI is InChI=1S/C9H9BrN4O/c1-11-9(15)12-8-6-4-5(10)2-3-7(6)13-14-8/h2-4H,1H3,(H3,11,12,13,14,15). The molecule has 0 bridgehead atoms. The number of halogens is 1. The Hall–Kier alpha value is -1.56. The van der Waals surface area contributed by atoms with Gasteiger partial charge in [-0.05, 0) is 18.2 Å². The molecule has 0 aliphatic heterocycles. The van der Waals surface area contributed by atoms with Crippen LogP contribution in [0.1, 0.15) is 0 Å². The van der Waals surface area contributed by atoms with Gasteiger partial charge in [0.15, 0.2) is 5.82 Å². The maximum atomic E-state index is 11.1. The number of benzene rings is 1. The number of anilines is 1. The second-order valence-corrected chi connectivity index (χ2v) is 3.88. The molecule has 15 heavy (non-hydrogen) atoms. The molecule has 0 radical (unpaired) electrons. The fourth-order valence-corrected chi connectivity index (χ4v) is 1.61. The number of nitrogens with zero attached hydrogens (tertiary/aromatic N) is 1. The highest BCUT2D eigenvalue weighted by Gasteiger charge is 2.07. The maximum absolute atomic E-state index is 11.1. The SMILES string of the molecule is CNC(=O)Nc1n[nH]c2ccc(Br)cc12. The summed E-state index contributed by atoms with van der Waals surface area (Å²) in [5.41, 5.74) is 0.879. The monoisotopic (exact) mass is 268 g/mol. The van der Waals surface area contributed by atoms with Crippen LogP contribution < -0.4 is 10.6 Å². The molecule has 2 aromatic rings. The molecule has 2 amide bonds. The summed E-state index contributed by atoms with van der Waals surface area (Å²) in [7, 11) is 1.56. The first-order valence-corrected chi connectivity index (χ1v) is 5.12. The van der Waals surface area contributed by atoms with Gasteiger partial charge in [0.05, 0.1) is 5.52 Å². The van der Waals surface area contributed by atoms with E-state index in [4.69, 9.17) is 0 Å². The maximum Gasteiger partial charge on any atom is 0.320 e. The van der Waals surface area contributed by atoms with E-state index in [-0.39, 0.29) is 6.03 Å². The molecular weight excluding hydrogens is 260 g/mol. The van der Waals surface area contributed by atoms with Crippen molar-refractivity contribution in [2.45, 2.75) is 0 Å². The molecule has 0 aliphatic rings. The predicted molar refractivity (Wildman–Crippen MR) is 61.9 cm³/mol. The van der Waals surface area contributed by atoms with E-state index in [1.807, 2.05) is 18.2 Å². The predicted octanol–water partition coefficient (Wildman–Crippen LogP) is 2.08. The third-order valence-electron chi connectivity index (χ3n) is 1.98. The molecule has 0 aliphatic carbocycles. The lowest BCUT2D eigenvalue weighted by Crippen LogP contribution is -2.24. The van der Waals surface area contributed by atoms with Gasteiger partial charge in [0, 0.05) is 16.9 Å². The van der Waals surface area contributed by atoms with Crippen molar-refractivity contribution in [1.29, 1.82) is 0 Å². The average Bonchev–Trinajstić information content (AvgIpc) is 2.61. The number of hydrogen-bond acceptors (Lipinski definition) is 2. The molecule has 0 spiro atoms. The van der Waals surface area contributed by atoms with Crippen molar-refractivity contribution in [2.75, 3.05) is 12.4 Å². The first-order valence-electron chi connectivity index (χ1n) is 4.33. The lowest BCUT2D eigenvalue weighted by atomic mass is 10.2. The van der Waals surface area contributed by atoms with E-state index >= 15 is 0 Å². The summed E-state index contributed by atoms with van der Waals surface area (Å²) in [5.74, 6) is 0.519. The van der Waals surface area contributed by atoms with E-state index in [9.17, 15) is 4.79 Å². The zero-order chi connectivity index (χ0) is 10.8. The number of hydrogen-bond donors (Lipinski definition) is 3. The number of aromatic amines is 1. The fourth-order valence-electron chi connectivity index (χ4n) is 1.25. The van der Waals surface area contributed by atoms with E-state index in [0.29, 0.717) is 5.82 Å². The number of carbonyl (C=O) groups excluding carboxylic acids is 1. The van der Waals surface area contributed by atoms with Gasteiger partial charge >= 0.3 is 6.03 Å².